The molecular formula is C52H35NO. The lowest BCUT2D eigenvalue weighted by Crippen LogP contribution is -2.13. The van der Waals surface area contributed by atoms with E-state index in [1.165, 1.54) is 33.0 Å². The second-order valence-electron chi connectivity index (χ2n) is 13.6. The molecule has 1 heterocycles. The summed E-state index contributed by atoms with van der Waals surface area (Å²) in [6.45, 7) is 0. The van der Waals surface area contributed by atoms with Gasteiger partial charge in [-0.2, -0.15) is 0 Å². The van der Waals surface area contributed by atoms with E-state index in [0.29, 0.717) is 0 Å². The lowest BCUT2D eigenvalue weighted by molar-refractivity contribution is 0.670. The van der Waals surface area contributed by atoms with E-state index in [1.54, 1.807) is 0 Å². The SMILES string of the molecule is c1ccc(-c2ccccc2-c2ccccc2N(c2ccccc2-c2cccc3ccccc23)c2ccc(-c3ccccc3)c3oc4ccccc4c23)cc1. The number of anilines is 3. The lowest BCUT2D eigenvalue weighted by atomic mass is 9.91. The van der Waals surface area contributed by atoms with E-state index < -0.39 is 0 Å². The lowest BCUT2D eigenvalue weighted by Gasteiger charge is -2.31. The van der Waals surface area contributed by atoms with Crippen molar-refractivity contribution in [1.82, 2.24) is 0 Å². The number of furan rings is 1. The van der Waals surface area contributed by atoms with Crippen molar-refractivity contribution >= 4 is 49.8 Å². The van der Waals surface area contributed by atoms with E-state index in [1.807, 2.05) is 0 Å². The molecule has 0 saturated carbocycles. The van der Waals surface area contributed by atoms with Gasteiger partial charge in [0, 0.05) is 22.1 Å². The molecular weight excluding hydrogens is 655 g/mol. The maximum Gasteiger partial charge on any atom is 0.145 e. The molecule has 0 N–H and O–H groups in total. The quantitative estimate of drug-likeness (QED) is 0.166. The fraction of sp³-hybridized carbons (Fsp3) is 0. The first-order valence-corrected chi connectivity index (χ1v) is 18.4. The van der Waals surface area contributed by atoms with Crippen molar-refractivity contribution < 1.29 is 4.42 Å². The van der Waals surface area contributed by atoms with Crippen LogP contribution in [0.4, 0.5) is 17.1 Å². The zero-order valence-corrected chi connectivity index (χ0v) is 29.6. The number of benzene rings is 9. The molecule has 0 spiro atoms. The highest BCUT2D eigenvalue weighted by atomic mass is 16.3. The van der Waals surface area contributed by atoms with Gasteiger partial charge < -0.3 is 9.32 Å². The van der Waals surface area contributed by atoms with Crippen LogP contribution in [0.2, 0.25) is 0 Å². The van der Waals surface area contributed by atoms with E-state index in [0.717, 1.165) is 61.3 Å². The topological polar surface area (TPSA) is 16.4 Å². The van der Waals surface area contributed by atoms with Gasteiger partial charge in [0.15, 0.2) is 0 Å². The Hall–Kier alpha value is -7.16. The van der Waals surface area contributed by atoms with Crippen LogP contribution in [0.15, 0.2) is 217 Å². The van der Waals surface area contributed by atoms with Crippen molar-refractivity contribution in [3.05, 3.63) is 212 Å². The summed E-state index contributed by atoms with van der Waals surface area (Å²) in [5.41, 5.74) is 14.1. The van der Waals surface area contributed by atoms with E-state index >= 15 is 0 Å². The monoisotopic (exact) mass is 689 g/mol. The first-order chi connectivity index (χ1) is 26.8. The Balaban J connectivity index is 1.32. The summed E-state index contributed by atoms with van der Waals surface area (Å²) in [5, 5.41) is 4.58. The molecule has 0 atom stereocenters. The van der Waals surface area contributed by atoms with E-state index in [2.05, 4.69) is 217 Å². The highest BCUT2D eigenvalue weighted by molar-refractivity contribution is 6.18. The molecule has 10 rings (SSSR count). The third kappa shape index (κ3) is 5.36. The summed E-state index contributed by atoms with van der Waals surface area (Å²) >= 11 is 0. The third-order valence-electron chi connectivity index (χ3n) is 10.5. The Morgan fingerprint density at radius 2 is 0.796 bits per heavy atom. The minimum atomic E-state index is 0.863. The standard InChI is InChI=1S/C52H35NO/c1-3-18-36(19-4-1)39-25-9-10-26-42(39)44-27-11-14-31-47(44)53(48-32-15-12-28-45(48)43-30-17-23-37-22-7-8-24-40(37)43)49-35-34-41(38-20-5-2-6-21-38)52-51(49)46-29-13-16-33-50(46)54-52/h1-35H. The zero-order valence-electron chi connectivity index (χ0n) is 29.6. The van der Waals surface area contributed by atoms with Crippen molar-refractivity contribution in [2.75, 3.05) is 4.90 Å². The maximum absolute atomic E-state index is 6.84. The minimum Gasteiger partial charge on any atom is -0.455 e. The second kappa shape index (κ2) is 13.4. The Kier molecular flexibility index (Phi) is 7.85. The molecule has 9 aromatic carbocycles. The molecule has 2 heteroatoms. The predicted octanol–water partition coefficient (Wildman–Crippen LogP) is 14.9. The summed E-state index contributed by atoms with van der Waals surface area (Å²) in [4.78, 5) is 2.47. The van der Waals surface area contributed by atoms with Crippen molar-refractivity contribution in [2.24, 2.45) is 0 Å². The zero-order chi connectivity index (χ0) is 35.8. The second-order valence-corrected chi connectivity index (χ2v) is 13.6. The molecule has 10 aromatic rings. The van der Waals surface area contributed by atoms with Gasteiger partial charge in [0.05, 0.1) is 22.4 Å². The van der Waals surface area contributed by atoms with Crippen LogP contribution in [-0.2, 0) is 0 Å². The van der Waals surface area contributed by atoms with Crippen molar-refractivity contribution in [3.8, 4) is 44.5 Å². The van der Waals surface area contributed by atoms with Gasteiger partial charge in [-0.1, -0.05) is 182 Å². The highest BCUT2D eigenvalue weighted by Gasteiger charge is 2.26. The number of hydrogen-bond donors (Lipinski definition) is 0. The minimum absolute atomic E-state index is 0.863. The van der Waals surface area contributed by atoms with Crippen LogP contribution >= 0.6 is 0 Å². The molecule has 1 aromatic heterocycles. The van der Waals surface area contributed by atoms with Crippen LogP contribution < -0.4 is 4.90 Å². The van der Waals surface area contributed by atoms with Crippen LogP contribution in [-0.4, -0.2) is 0 Å². The molecule has 0 bridgehead atoms. The molecule has 0 radical (unpaired) electrons. The molecule has 0 aliphatic carbocycles. The summed E-state index contributed by atoms with van der Waals surface area (Å²) in [7, 11) is 0. The Morgan fingerprint density at radius 1 is 0.296 bits per heavy atom. The first kappa shape index (κ1) is 31.6. The first-order valence-electron chi connectivity index (χ1n) is 18.4. The van der Waals surface area contributed by atoms with E-state index in [-0.39, 0.29) is 0 Å². The largest absolute Gasteiger partial charge is 0.455 e. The van der Waals surface area contributed by atoms with Gasteiger partial charge in [0.25, 0.3) is 0 Å². The van der Waals surface area contributed by atoms with Gasteiger partial charge in [-0.15, -0.1) is 0 Å². The molecule has 0 amide bonds. The Labute approximate surface area is 314 Å². The van der Waals surface area contributed by atoms with Gasteiger partial charge in [0.2, 0.25) is 0 Å². The third-order valence-corrected chi connectivity index (χ3v) is 10.5. The molecule has 0 saturated heterocycles. The average Bonchev–Trinajstić information content (AvgIpc) is 3.65. The fourth-order valence-corrected chi connectivity index (χ4v) is 8.07. The van der Waals surface area contributed by atoms with Crippen LogP contribution in [0, 0.1) is 0 Å². The van der Waals surface area contributed by atoms with Gasteiger partial charge in [-0.25, -0.2) is 0 Å². The molecule has 54 heavy (non-hydrogen) atoms. The Bertz CT molecular complexity index is 2940. The van der Waals surface area contributed by atoms with Gasteiger partial charge in [-0.05, 0) is 68.9 Å². The molecule has 254 valence electrons. The number of rotatable bonds is 7. The number of fused-ring (bicyclic) bond motifs is 4. The predicted molar refractivity (Wildman–Crippen MR) is 228 cm³/mol. The molecule has 2 nitrogen and oxygen atoms in total. The summed E-state index contributed by atoms with van der Waals surface area (Å²) in [5.74, 6) is 0. The van der Waals surface area contributed by atoms with Crippen LogP contribution in [0.25, 0.3) is 77.2 Å². The number of nitrogens with zero attached hydrogens (tertiary/aromatic N) is 1. The summed E-state index contributed by atoms with van der Waals surface area (Å²) < 4.78 is 6.84. The number of para-hydroxylation sites is 3. The van der Waals surface area contributed by atoms with Gasteiger partial charge in [-0.3, -0.25) is 0 Å². The van der Waals surface area contributed by atoms with Gasteiger partial charge in [0.1, 0.15) is 11.2 Å². The van der Waals surface area contributed by atoms with Gasteiger partial charge >= 0.3 is 0 Å². The fourth-order valence-electron chi connectivity index (χ4n) is 8.07. The molecule has 0 aliphatic heterocycles. The maximum atomic E-state index is 6.84. The Morgan fingerprint density at radius 3 is 1.52 bits per heavy atom. The summed E-state index contributed by atoms with van der Waals surface area (Å²) in [6, 6.07) is 75.8. The van der Waals surface area contributed by atoms with Crippen LogP contribution in [0.1, 0.15) is 0 Å². The highest BCUT2D eigenvalue weighted by Crippen LogP contribution is 2.51. The molecule has 0 aliphatic rings. The average molecular weight is 690 g/mol. The van der Waals surface area contributed by atoms with Crippen LogP contribution in [0.3, 0.4) is 0 Å². The van der Waals surface area contributed by atoms with E-state index in [9.17, 15) is 0 Å². The van der Waals surface area contributed by atoms with Crippen molar-refractivity contribution in [3.63, 3.8) is 0 Å². The smallest absolute Gasteiger partial charge is 0.145 e. The normalized spacial score (nSPS) is 11.3. The van der Waals surface area contributed by atoms with E-state index in [4.69, 9.17) is 4.42 Å². The summed E-state index contributed by atoms with van der Waals surface area (Å²) in [6.07, 6.45) is 0. The molecule has 0 fully saturated rings. The molecule has 0 unspecified atom stereocenters. The van der Waals surface area contributed by atoms with Crippen molar-refractivity contribution in [2.45, 2.75) is 0 Å². The van der Waals surface area contributed by atoms with Crippen LogP contribution in [0.5, 0.6) is 0 Å². The van der Waals surface area contributed by atoms with Crippen molar-refractivity contribution in [1.29, 1.82) is 0 Å². The number of hydrogen-bond acceptors (Lipinski definition) is 2.